The zero-order valence-electron chi connectivity index (χ0n) is 9.99. The van der Waals surface area contributed by atoms with Gasteiger partial charge in [0, 0.05) is 12.0 Å². The van der Waals surface area contributed by atoms with Gasteiger partial charge < -0.3 is 14.3 Å². The summed E-state index contributed by atoms with van der Waals surface area (Å²) in [7, 11) is -1.59. The molecule has 0 aromatic heterocycles. The van der Waals surface area contributed by atoms with Gasteiger partial charge in [0.05, 0.1) is 12.7 Å². The molecule has 88 valence electrons. The predicted molar refractivity (Wildman–Crippen MR) is 65.5 cm³/mol. The minimum Gasteiger partial charge on any atom is -0.544 e. The van der Waals surface area contributed by atoms with Gasteiger partial charge in [-0.25, -0.2) is 0 Å². The van der Waals surface area contributed by atoms with Gasteiger partial charge in [-0.05, 0) is 37.8 Å². The Morgan fingerprint density at radius 2 is 2.12 bits per heavy atom. The Morgan fingerprint density at radius 3 is 2.81 bits per heavy atom. The molecule has 1 aliphatic rings. The largest absolute Gasteiger partial charge is 0.544 e. The molecule has 1 aromatic carbocycles. The van der Waals surface area contributed by atoms with Crippen LogP contribution in [0.25, 0.3) is 0 Å². The second kappa shape index (κ2) is 4.11. The van der Waals surface area contributed by atoms with Crippen molar-refractivity contribution in [3.63, 3.8) is 0 Å². The standard InChI is InChI=1S/C12H18O3Si/c1-16(2,3)15-9-4-5-12-10(8-9)11(13)6-7-14-12/h4-5,8,11,13H,6-7H2,1-3H3/t11-/m0/s1. The van der Waals surface area contributed by atoms with Crippen molar-refractivity contribution in [2.75, 3.05) is 6.61 Å². The molecule has 1 heterocycles. The Bertz CT molecular complexity index is 384. The van der Waals surface area contributed by atoms with Crippen molar-refractivity contribution < 1.29 is 14.3 Å². The summed E-state index contributed by atoms with van der Waals surface area (Å²) in [6, 6.07) is 5.69. The average molecular weight is 238 g/mol. The molecule has 4 heteroatoms. The molecular weight excluding hydrogens is 220 g/mol. The lowest BCUT2D eigenvalue weighted by molar-refractivity contribution is 0.115. The molecule has 1 aromatic rings. The second-order valence-corrected chi connectivity index (χ2v) is 9.50. The Balaban J connectivity index is 2.27. The molecule has 0 saturated heterocycles. The third-order valence-electron chi connectivity index (χ3n) is 2.41. The lowest BCUT2D eigenvalue weighted by Gasteiger charge is -2.25. The summed E-state index contributed by atoms with van der Waals surface area (Å²) in [5, 5.41) is 9.86. The molecular formula is C12H18O3Si. The van der Waals surface area contributed by atoms with E-state index in [9.17, 15) is 5.11 Å². The van der Waals surface area contributed by atoms with Crippen molar-refractivity contribution in [1.82, 2.24) is 0 Å². The number of fused-ring (bicyclic) bond motifs is 1. The van der Waals surface area contributed by atoms with Crippen molar-refractivity contribution in [2.24, 2.45) is 0 Å². The van der Waals surface area contributed by atoms with Crippen LogP contribution in [-0.2, 0) is 0 Å². The first-order valence-electron chi connectivity index (χ1n) is 5.59. The fourth-order valence-electron chi connectivity index (χ4n) is 1.77. The van der Waals surface area contributed by atoms with E-state index in [2.05, 4.69) is 19.6 Å². The molecule has 0 bridgehead atoms. The SMILES string of the molecule is C[Si](C)(C)Oc1ccc2c(c1)[C@@H](O)CCO2. The fraction of sp³-hybridized carbons (Fsp3) is 0.500. The molecule has 1 aliphatic heterocycles. The molecule has 3 nitrogen and oxygen atoms in total. The normalized spacial score (nSPS) is 19.9. The predicted octanol–water partition coefficient (Wildman–Crippen LogP) is 2.72. The first kappa shape index (κ1) is 11.5. The maximum absolute atomic E-state index is 9.86. The number of aliphatic hydroxyl groups excluding tert-OH is 1. The van der Waals surface area contributed by atoms with Gasteiger partial charge in [0.1, 0.15) is 11.5 Å². The highest BCUT2D eigenvalue weighted by Crippen LogP contribution is 2.35. The van der Waals surface area contributed by atoms with Gasteiger partial charge in [0.25, 0.3) is 0 Å². The molecule has 0 saturated carbocycles. The van der Waals surface area contributed by atoms with E-state index in [-0.39, 0.29) is 0 Å². The van der Waals surface area contributed by atoms with Crippen molar-refractivity contribution in [3.05, 3.63) is 23.8 Å². The van der Waals surface area contributed by atoms with Crippen LogP contribution in [0, 0.1) is 0 Å². The molecule has 1 N–H and O–H groups in total. The van der Waals surface area contributed by atoms with Crippen LogP contribution in [0.2, 0.25) is 19.6 Å². The third kappa shape index (κ3) is 2.57. The second-order valence-electron chi connectivity index (χ2n) is 5.07. The lowest BCUT2D eigenvalue weighted by Crippen LogP contribution is -2.29. The summed E-state index contributed by atoms with van der Waals surface area (Å²) >= 11 is 0. The Labute approximate surface area is 97.1 Å². The van der Waals surface area contributed by atoms with E-state index in [4.69, 9.17) is 9.16 Å². The van der Waals surface area contributed by atoms with Crippen molar-refractivity contribution in [1.29, 1.82) is 0 Å². The molecule has 0 amide bonds. The van der Waals surface area contributed by atoms with Crippen LogP contribution in [0.3, 0.4) is 0 Å². The summed E-state index contributed by atoms with van der Waals surface area (Å²) in [5.41, 5.74) is 0.849. The van der Waals surface area contributed by atoms with Crippen molar-refractivity contribution in [2.45, 2.75) is 32.2 Å². The van der Waals surface area contributed by atoms with Crippen LogP contribution in [-0.4, -0.2) is 20.0 Å². The van der Waals surface area contributed by atoms with Crippen LogP contribution in [0.5, 0.6) is 11.5 Å². The molecule has 0 spiro atoms. The number of hydrogen-bond donors (Lipinski definition) is 1. The highest BCUT2D eigenvalue weighted by molar-refractivity contribution is 6.70. The highest BCUT2D eigenvalue weighted by atomic mass is 28.4. The van der Waals surface area contributed by atoms with Gasteiger partial charge in [-0.15, -0.1) is 0 Å². The van der Waals surface area contributed by atoms with Crippen LogP contribution in [0.4, 0.5) is 0 Å². The third-order valence-corrected chi connectivity index (χ3v) is 3.26. The van der Waals surface area contributed by atoms with E-state index in [0.29, 0.717) is 13.0 Å². The Morgan fingerprint density at radius 1 is 1.38 bits per heavy atom. The summed E-state index contributed by atoms with van der Waals surface area (Å²) in [5.74, 6) is 1.61. The number of ether oxygens (including phenoxy) is 1. The number of rotatable bonds is 2. The zero-order chi connectivity index (χ0) is 11.8. The van der Waals surface area contributed by atoms with E-state index < -0.39 is 14.4 Å². The van der Waals surface area contributed by atoms with Crippen molar-refractivity contribution >= 4 is 8.32 Å². The number of hydrogen-bond acceptors (Lipinski definition) is 3. The first-order valence-corrected chi connectivity index (χ1v) is 9.00. The Kier molecular flexibility index (Phi) is 2.95. The van der Waals surface area contributed by atoms with E-state index in [0.717, 1.165) is 17.1 Å². The lowest BCUT2D eigenvalue weighted by atomic mass is 10.0. The van der Waals surface area contributed by atoms with Crippen LogP contribution < -0.4 is 9.16 Å². The molecule has 1 atom stereocenters. The quantitative estimate of drug-likeness (QED) is 0.805. The van der Waals surface area contributed by atoms with Crippen LogP contribution in [0.1, 0.15) is 18.1 Å². The van der Waals surface area contributed by atoms with Gasteiger partial charge in [0.2, 0.25) is 8.32 Å². The van der Waals surface area contributed by atoms with Crippen LogP contribution in [0.15, 0.2) is 18.2 Å². The van der Waals surface area contributed by atoms with Crippen LogP contribution >= 0.6 is 0 Å². The van der Waals surface area contributed by atoms with Gasteiger partial charge in [-0.3, -0.25) is 0 Å². The van der Waals surface area contributed by atoms with E-state index in [1.165, 1.54) is 0 Å². The summed E-state index contributed by atoms with van der Waals surface area (Å²) in [6.07, 6.45) is 0.234. The van der Waals surface area contributed by atoms with Crippen molar-refractivity contribution in [3.8, 4) is 11.5 Å². The highest BCUT2D eigenvalue weighted by Gasteiger charge is 2.22. The molecule has 16 heavy (non-hydrogen) atoms. The zero-order valence-corrected chi connectivity index (χ0v) is 11.0. The monoisotopic (exact) mass is 238 g/mol. The van der Waals surface area contributed by atoms with Gasteiger partial charge in [-0.2, -0.15) is 0 Å². The maximum Gasteiger partial charge on any atom is 0.242 e. The van der Waals surface area contributed by atoms with Gasteiger partial charge >= 0.3 is 0 Å². The smallest absolute Gasteiger partial charge is 0.242 e. The summed E-state index contributed by atoms with van der Waals surface area (Å²) in [6.45, 7) is 7.00. The molecule has 0 unspecified atom stereocenters. The fourth-order valence-corrected chi connectivity index (χ4v) is 2.61. The molecule has 2 rings (SSSR count). The number of benzene rings is 1. The maximum atomic E-state index is 9.86. The minimum absolute atomic E-state index is 0.422. The summed E-state index contributed by atoms with van der Waals surface area (Å²) in [4.78, 5) is 0. The minimum atomic E-state index is -1.59. The molecule has 0 fully saturated rings. The summed E-state index contributed by atoms with van der Waals surface area (Å²) < 4.78 is 11.4. The van der Waals surface area contributed by atoms with E-state index >= 15 is 0 Å². The first-order chi connectivity index (χ1) is 7.46. The topological polar surface area (TPSA) is 38.7 Å². The Hall–Kier alpha value is -1.00. The molecule has 0 aliphatic carbocycles. The van der Waals surface area contributed by atoms with Gasteiger partial charge in [-0.1, -0.05) is 0 Å². The molecule has 0 radical (unpaired) electrons. The number of aliphatic hydroxyl groups is 1. The van der Waals surface area contributed by atoms with E-state index in [1.54, 1.807) is 0 Å². The average Bonchev–Trinajstić information content (AvgIpc) is 2.17. The van der Waals surface area contributed by atoms with Gasteiger partial charge in [0.15, 0.2) is 0 Å². The van der Waals surface area contributed by atoms with E-state index in [1.807, 2.05) is 18.2 Å².